The lowest BCUT2D eigenvalue weighted by atomic mass is 9.80. The molecule has 0 amide bonds. The third-order valence-electron chi connectivity index (χ3n) is 4.13. The summed E-state index contributed by atoms with van der Waals surface area (Å²) in [5.41, 5.74) is 0. The van der Waals surface area contributed by atoms with Crippen LogP contribution in [0.15, 0.2) is 0 Å². The first-order chi connectivity index (χ1) is 9.52. The van der Waals surface area contributed by atoms with Gasteiger partial charge in [0.1, 0.15) is 0 Å². The van der Waals surface area contributed by atoms with Crippen molar-refractivity contribution in [2.45, 2.75) is 52.2 Å². The van der Waals surface area contributed by atoms with E-state index < -0.39 is 11.9 Å². The molecule has 1 N–H and O–H groups in total. The molecule has 0 radical (unpaired) electrons. The van der Waals surface area contributed by atoms with Gasteiger partial charge in [-0.3, -0.25) is 4.79 Å². The molecule has 1 aliphatic rings. The summed E-state index contributed by atoms with van der Waals surface area (Å²) < 4.78 is 7.18. The van der Waals surface area contributed by atoms with Crippen LogP contribution in [0.25, 0.3) is 0 Å². The molecule has 2 unspecified atom stereocenters. The fourth-order valence-electron chi connectivity index (χ4n) is 2.55. The quantitative estimate of drug-likeness (QED) is 0.811. The number of aliphatic carboxylic acids is 1. The maximum absolute atomic E-state index is 11.1. The number of tetrazole rings is 1. The van der Waals surface area contributed by atoms with E-state index in [1.54, 1.807) is 11.6 Å². The van der Waals surface area contributed by atoms with Gasteiger partial charge in [0.05, 0.1) is 18.1 Å². The topological polar surface area (TPSA) is 90.1 Å². The van der Waals surface area contributed by atoms with Gasteiger partial charge in [0.25, 0.3) is 0 Å². The van der Waals surface area contributed by atoms with Crippen molar-refractivity contribution < 1.29 is 14.6 Å². The van der Waals surface area contributed by atoms with E-state index in [0.717, 1.165) is 31.7 Å². The van der Waals surface area contributed by atoms with Crippen molar-refractivity contribution in [3.8, 4) is 0 Å². The van der Waals surface area contributed by atoms with E-state index >= 15 is 0 Å². The minimum Gasteiger partial charge on any atom is -0.481 e. The molecule has 7 heteroatoms. The number of ether oxygens (including phenoxy) is 1. The van der Waals surface area contributed by atoms with Crippen LogP contribution >= 0.6 is 0 Å². The van der Waals surface area contributed by atoms with Crippen LogP contribution in [0.1, 0.15) is 45.5 Å². The second-order valence-corrected chi connectivity index (χ2v) is 5.53. The molecule has 0 saturated heterocycles. The number of rotatable bonds is 7. The summed E-state index contributed by atoms with van der Waals surface area (Å²) >= 11 is 0. The number of hydrogen-bond donors (Lipinski definition) is 1. The molecular formula is C13H22N4O3. The van der Waals surface area contributed by atoms with Crippen molar-refractivity contribution in [3.05, 3.63) is 5.82 Å². The van der Waals surface area contributed by atoms with Gasteiger partial charge in [0.2, 0.25) is 0 Å². The van der Waals surface area contributed by atoms with E-state index in [1.807, 2.05) is 13.8 Å². The third-order valence-corrected chi connectivity index (χ3v) is 4.13. The Labute approximate surface area is 118 Å². The highest BCUT2D eigenvalue weighted by Crippen LogP contribution is 2.33. The number of hydrogen-bond acceptors (Lipinski definition) is 5. The highest BCUT2D eigenvalue weighted by atomic mass is 16.5. The van der Waals surface area contributed by atoms with Gasteiger partial charge in [-0.1, -0.05) is 0 Å². The number of aromatic nitrogens is 4. The zero-order valence-corrected chi connectivity index (χ0v) is 12.2. The molecule has 0 aromatic carbocycles. The van der Waals surface area contributed by atoms with Crippen LogP contribution in [0.5, 0.6) is 0 Å². The van der Waals surface area contributed by atoms with Crippen LogP contribution in [0.3, 0.4) is 0 Å². The maximum Gasteiger partial charge on any atom is 0.308 e. The lowest BCUT2D eigenvalue weighted by Crippen LogP contribution is -2.34. The summed E-state index contributed by atoms with van der Waals surface area (Å²) in [6.45, 7) is 6.26. The minimum absolute atomic E-state index is 0.250. The van der Waals surface area contributed by atoms with E-state index in [1.165, 1.54) is 0 Å². The first kappa shape index (κ1) is 14.9. The first-order valence-electron chi connectivity index (χ1n) is 7.14. The van der Waals surface area contributed by atoms with Crippen LogP contribution in [-0.4, -0.2) is 44.0 Å². The molecule has 0 bridgehead atoms. The Hall–Kier alpha value is -1.50. The van der Waals surface area contributed by atoms with Crippen molar-refractivity contribution in [2.75, 3.05) is 6.61 Å². The first-order valence-corrected chi connectivity index (χ1v) is 7.14. The smallest absolute Gasteiger partial charge is 0.308 e. The molecule has 20 heavy (non-hydrogen) atoms. The molecule has 1 aliphatic carbocycles. The monoisotopic (exact) mass is 282 g/mol. The molecule has 7 nitrogen and oxygen atoms in total. The molecule has 1 fully saturated rings. The summed E-state index contributed by atoms with van der Waals surface area (Å²) in [5, 5.41) is 20.8. The molecule has 1 heterocycles. The van der Waals surface area contributed by atoms with Crippen LogP contribution in [0.4, 0.5) is 0 Å². The van der Waals surface area contributed by atoms with Gasteiger partial charge < -0.3 is 9.84 Å². The Balaban J connectivity index is 1.94. The average molecular weight is 282 g/mol. The number of carboxylic acids is 1. The van der Waals surface area contributed by atoms with Crippen molar-refractivity contribution >= 4 is 5.97 Å². The Morgan fingerprint density at radius 3 is 2.80 bits per heavy atom. The number of carbonyl (C=O) groups is 1. The van der Waals surface area contributed by atoms with Gasteiger partial charge in [0.15, 0.2) is 5.82 Å². The second kappa shape index (κ2) is 6.30. The zero-order chi connectivity index (χ0) is 14.7. The van der Waals surface area contributed by atoms with Crippen LogP contribution in [0.2, 0.25) is 0 Å². The molecular weight excluding hydrogens is 260 g/mol. The molecule has 1 aromatic rings. The third kappa shape index (κ3) is 3.15. The predicted molar refractivity (Wildman–Crippen MR) is 71.2 cm³/mol. The fraction of sp³-hybridized carbons (Fsp3) is 0.846. The lowest BCUT2D eigenvalue weighted by Gasteiger charge is -2.34. The second-order valence-electron chi connectivity index (χ2n) is 5.53. The highest BCUT2D eigenvalue weighted by molar-refractivity contribution is 5.70. The standard InChI is InChI=1S/C13H22N4O3/c1-4-20-11-5-10(6-11)7-12-14-15-16-17(12)9(3)8(2)13(18)19/h8-11H,4-7H2,1-3H3,(H,18,19). The molecule has 2 rings (SSSR count). The molecule has 0 spiro atoms. The molecule has 1 aromatic heterocycles. The fourth-order valence-corrected chi connectivity index (χ4v) is 2.55. The maximum atomic E-state index is 11.1. The summed E-state index contributed by atoms with van der Waals surface area (Å²) in [4.78, 5) is 11.1. The van der Waals surface area contributed by atoms with Crippen molar-refractivity contribution in [1.29, 1.82) is 0 Å². The number of nitrogens with zero attached hydrogens (tertiary/aromatic N) is 4. The Bertz CT molecular complexity index is 456. The molecule has 1 saturated carbocycles. The van der Waals surface area contributed by atoms with Crippen molar-refractivity contribution in [1.82, 2.24) is 20.2 Å². The Kier molecular flexibility index (Phi) is 4.69. The Morgan fingerprint density at radius 2 is 2.20 bits per heavy atom. The molecule has 112 valence electrons. The van der Waals surface area contributed by atoms with Gasteiger partial charge >= 0.3 is 5.97 Å². The van der Waals surface area contributed by atoms with Gasteiger partial charge in [-0.15, -0.1) is 5.10 Å². The van der Waals surface area contributed by atoms with Crippen LogP contribution in [0, 0.1) is 11.8 Å². The van der Waals surface area contributed by atoms with Gasteiger partial charge in [0, 0.05) is 13.0 Å². The SMILES string of the molecule is CCOC1CC(Cc2nnnn2C(C)C(C)C(=O)O)C1. The lowest BCUT2D eigenvalue weighted by molar-refractivity contribution is -0.142. The van der Waals surface area contributed by atoms with Crippen molar-refractivity contribution in [3.63, 3.8) is 0 Å². The highest BCUT2D eigenvalue weighted by Gasteiger charge is 2.32. The van der Waals surface area contributed by atoms with Gasteiger partial charge in [-0.25, -0.2) is 4.68 Å². The van der Waals surface area contributed by atoms with Gasteiger partial charge in [-0.05, 0) is 50.0 Å². The Morgan fingerprint density at radius 1 is 1.50 bits per heavy atom. The van der Waals surface area contributed by atoms with E-state index in [0.29, 0.717) is 12.0 Å². The van der Waals surface area contributed by atoms with Crippen molar-refractivity contribution in [2.24, 2.45) is 11.8 Å². The minimum atomic E-state index is -0.834. The van der Waals surface area contributed by atoms with E-state index in [-0.39, 0.29) is 6.04 Å². The van der Waals surface area contributed by atoms with E-state index in [9.17, 15) is 4.79 Å². The summed E-state index contributed by atoms with van der Waals surface area (Å²) in [6, 6.07) is -0.250. The average Bonchev–Trinajstić information content (AvgIpc) is 2.82. The zero-order valence-electron chi connectivity index (χ0n) is 12.2. The largest absolute Gasteiger partial charge is 0.481 e. The van der Waals surface area contributed by atoms with E-state index in [2.05, 4.69) is 15.5 Å². The van der Waals surface area contributed by atoms with E-state index in [4.69, 9.17) is 9.84 Å². The van der Waals surface area contributed by atoms with Crippen LogP contribution in [-0.2, 0) is 16.0 Å². The summed E-state index contributed by atoms with van der Waals surface area (Å²) in [7, 11) is 0. The molecule has 2 atom stereocenters. The summed E-state index contributed by atoms with van der Waals surface area (Å²) in [6.07, 6.45) is 3.21. The number of carboxylic acid groups (broad SMARTS) is 1. The molecule has 0 aliphatic heterocycles. The normalized spacial score (nSPS) is 24.9. The predicted octanol–water partition coefficient (Wildman–Crippen LogP) is 1.31. The summed E-state index contributed by atoms with van der Waals surface area (Å²) in [5.74, 6) is -0.0528. The van der Waals surface area contributed by atoms with Crippen LogP contribution < -0.4 is 0 Å². The van der Waals surface area contributed by atoms with Gasteiger partial charge in [-0.2, -0.15) is 0 Å².